The van der Waals surface area contributed by atoms with Crippen LogP contribution in [0.15, 0.2) is 18.3 Å². The number of carbonyl (C=O) groups excluding carboxylic acids is 2. The highest BCUT2D eigenvalue weighted by molar-refractivity contribution is 5.92. The molecule has 4 heteroatoms. The second kappa shape index (κ2) is 4.59. The molecule has 0 saturated carbocycles. The Balaban J connectivity index is 2.95. The Morgan fingerprint density at radius 3 is 2.67 bits per heavy atom. The van der Waals surface area contributed by atoms with Crippen molar-refractivity contribution >= 4 is 17.8 Å². The molecule has 1 aromatic heterocycles. The fraction of sp³-hybridized carbons (Fsp3) is 0.273. The molecule has 0 aromatic carbocycles. The quantitative estimate of drug-likeness (QED) is 0.556. The minimum absolute atomic E-state index is 0.0292. The van der Waals surface area contributed by atoms with Crippen molar-refractivity contribution in [3.8, 4) is 0 Å². The average Bonchev–Trinajstić information content (AvgIpc) is 2.55. The topological polar surface area (TPSA) is 48.3 Å². The van der Waals surface area contributed by atoms with Crippen molar-refractivity contribution in [3.63, 3.8) is 0 Å². The van der Waals surface area contributed by atoms with Gasteiger partial charge in [0.15, 0.2) is 5.78 Å². The molecule has 1 rings (SSSR count). The van der Waals surface area contributed by atoms with E-state index in [9.17, 15) is 9.59 Å². The van der Waals surface area contributed by atoms with Gasteiger partial charge >= 0.3 is 5.97 Å². The SMILES string of the molecule is COC(=O)c1cc(/C=C/C(C)=O)cn1C. The molecule has 0 amide bonds. The third kappa shape index (κ3) is 2.80. The van der Waals surface area contributed by atoms with Crippen molar-refractivity contribution in [2.45, 2.75) is 6.92 Å². The predicted molar refractivity (Wildman–Crippen MR) is 56.5 cm³/mol. The first-order valence-corrected chi connectivity index (χ1v) is 4.48. The Bertz CT molecular complexity index is 415. The number of carbonyl (C=O) groups is 2. The summed E-state index contributed by atoms with van der Waals surface area (Å²) in [6, 6.07) is 1.67. The van der Waals surface area contributed by atoms with Crippen LogP contribution in [0.2, 0.25) is 0 Å². The van der Waals surface area contributed by atoms with E-state index in [-0.39, 0.29) is 11.8 Å². The smallest absolute Gasteiger partial charge is 0.354 e. The monoisotopic (exact) mass is 207 g/mol. The van der Waals surface area contributed by atoms with E-state index in [1.165, 1.54) is 20.1 Å². The summed E-state index contributed by atoms with van der Waals surface area (Å²) in [6.45, 7) is 1.47. The minimum atomic E-state index is -0.389. The van der Waals surface area contributed by atoms with E-state index in [1.54, 1.807) is 30.0 Å². The zero-order chi connectivity index (χ0) is 11.4. The highest BCUT2D eigenvalue weighted by Crippen LogP contribution is 2.10. The third-order valence-corrected chi connectivity index (χ3v) is 1.93. The van der Waals surface area contributed by atoms with Crippen molar-refractivity contribution < 1.29 is 14.3 Å². The number of allylic oxidation sites excluding steroid dienone is 1. The molecular weight excluding hydrogens is 194 g/mol. The van der Waals surface area contributed by atoms with Crippen LogP contribution in [0.4, 0.5) is 0 Å². The Morgan fingerprint density at radius 2 is 2.13 bits per heavy atom. The van der Waals surface area contributed by atoms with Crippen LogP contribution >= 0.6 is 0 Å². The molecule has 0 saturated heterocycles. The molecule has 0 unspecified atom stereocenters. The number of hydrogen-bond donors (Lipinski definition) is 0. The van der Waals surface area contributed by atoms with Crippen molar-refractivity contribution in [2.24, 2.45) is 7.05 Å². The summed E-state index contributed by atoms with van der Waals surface area (Å²) in [7, 11) is 3.08. The molecule has 0 bridgehead atoms. The Hall–Kier alpha value is -1.84. The maximum absolute atomic E-state index is 11.3. The number of methoxy groups -OCH3 is 1. The number of aryl methyl sites for hydroxylation is 1. The lowest BCUT2D eigenvalue weighted by atomic mass is 10.2. The number of nitrogens with zero attached hydrogens (tertiary/aromatic N) is 1. The van der Waals surface area contributed by atoms with Crippen LogP contribution in [0.25, 0.3) is 6.08 Å². The van der Waals surface area contributed by atoms with Crippen LogP contribution in [0, 0.1) is 0 Å². The molecule has 0 atom stereocenters. The first kappa shape index (κ1) is 11.2. The first-order chi connectivity index (χ1) is 7.04. The zero-order valence-corrected chi connectivity index (χ0v) is 8.98. The van der Waals surface area contributed by atoms with E-state index < -0.39 is 0 Å². The molecule has 80 valence electrons. The molecule has 4 nitrogen and oxygen atoms in total. The summed E-state index contributed by atoms with van der Waals surface area (Å²) >= 11 is 0. The second-order valence-corrected chi connectivity index (χ2v) is 3.21. The van der Waals surface area contributed by atoms with Crippen LogP contribution in [-0.2, 0) is 16.6 Å². The third-order valence-electron chi connectivity index (χ3n) is 1.93. The predicted octanol–water partition coefficient (Wildman–Crippen LogP) is 1.41. The lowest BCUT2D eigenvalue weighted by molar-refractivity contribution is -0.112. The number of rotatable bonds is 3. The summed E-state index contributed by atoms with van der Waals surface area (Å²) in [5.41, 5.74) is 1.26. The Labute approximate surface area is 88.2 Å². The largest absolute Gasteiger partial charge is 0.464 e. The van der Waals surface area contributed by atoms with Crippen LogP contribution in [0.1, 0.15) is 23.0 Å². The van der Waals surface area contributed by atoms with Crippen molar-refractivity contribution in [3.05, 3.63) is 29.6 Å². The fourth-order valence-corrected chi connectivity index (χ4v) is 1.20. The summed E-state index contributed by atoms with van der Waals surface area (Å²) < 4.78 is 6.26. The summed E-state index contributed by atoms with van der Waals surface area (Å²) in [4.78, 5) is 22.0. The van der Waals surface area contributed by atoms with Gasteiger partial charge in [-0.2, -0.15) is 0 Å². The second-order valence-electron chi connectivity index (χ2n) is 3.21. The first-order valence-electron chi connectivity index (χ1n) is 4.48. The van der Waals surface area contributed by atoms with E-state index >= 15 is 0 Å². The number of hydrogen-bond acceptors (Lipinski definition) is 3. The van der Waals surface area contributed by atoms with Gasteiger partial charge in [-0.15, -0.1) is 0 Å². The van der Waals surface area contributed by atoms with Gasteiger partial charge in [-0.3, -0.25) is 4.79 Å². The van der Waals surface area contributed by atoms with Crippen molar-refractivity contribution in [1.29, 1.82) is 0 Å². The standard InChI is InChI=1S/C11H13NO3/c1-8(13)4-5-9-6-10(11(14)15-3)12(2)7-9/h4-7H,1-3H3/b5-4+. The Morgan fingerprint density at radius 1 is 1.47 bits per heavy atom. The van der Waals surface area contributed by atoms with Gasteiger partial charge in [0.05, 0.1) is 7.11 Å². The van der Waals surface area contributed by atoms with Gasteiger partial charge in [0.25, 0.3) is 0 Å². The summed E-state index contributed by atoms with van der Waals surface area (Å²) in [5, 5.41) is 0. The maximum Gasteiger partial charge on any atom is 0.354 e. The van der Waals surface area contributed by atoms with E-state index in [1.807, 2.05) is 0 Å². The van der Waals surface area contributed by atoms with Crippen LogP contribution in [0.3, 0.4) is 0 Å². The molecular formula is C11H13NO3. The number of aromatic nitrogens is 1. The van der Waals surface area contributed by atoms with Crippen LogP contribution in [-0.4, -0.2) is 23.4 Å². The van der Waals surface area contributed by atoms with Crippen molar-refractivity contribution in [1.82, 2.24) is 4.57 Å². The molecule has 1 aromatic rings. The van der Waals surface area contributed by atoms with Crippen molar-refractivity contribution in [2.75, 3.05) is 7.11 Å². The van der Waals surface area contributed by atoms with E-state index in [2.05, 4.69) is 4.74 Å². The molecule has 0 aliphatic carbocycles. The van der Waals surface area contributed by atoms with Gasteiger partial charge in [-0.05, 0) is 30.7 Å². The normalized spacial score (nSPS) is 10.6. The number of esters is 1. The van der Waals surface area contributed by atoms with Gasteiger partial charge in [0.1, 0.15) is 5.69 Å². The molecule has 1 heterocycles. The minimum Gasteiger partial charge on any atom is -0.464 e. The number of ether oxygens (including phenoxy) is 1. The van der Waals surface area contributed by atoms with Gasteiger partial charge in [0.2, 0.25) is 0 Å². The van der Waals surface area contributed by atoms with Gasteiger partial charge < -0.3 is 9.30 Å². The van der Waals surface area contributed by atoms with E-state index in [0.29, 0.717) is 5.69 Å². The summed E-state index contributed by atoms with van der Waals surface area (Å²) in [5.74, 6) is -0.418. The van der Waals surface area contributed by atoms with Crippen LogP contribution in [0.5, 0.6) is 0 Å². The lowest BCUT2D eigenvalue weighted by Crippen LogP contribution is -2.06. The maximum atomic E-state index is 11.3. The van der Waals surface area contributed by atoms with E-state index in [4.69, 9.17) is 0 Å². The lowest BCUT2D eigenvalue weighted by Gasteiger charge is -1.98. The Kier molecular flexibility index (Phi) is 3.44. The highest BCUT2D eigenvalue weighted by Gasteiger charge is 2.10. The molecule has 15 heavy (non-hydrogen) atoms. The molecule has 0 aliphatic rings. The molecule has 0 N–H and O–H groups in total. The molecule has 0 aliphatic heterocycles. The zero-order valence-electron chi connectivity index (χ0n) is 8.98. The number of ketones is 1. The molecule has 0 fully saturated rings. The fourth-order valence-electron chi connectivity index (χ4n) is 1.20. The van der Waals surface area contributed by atoms with Gasteiger partial charge in [0, 0.05) is 13.2 Å². The highest BCUT2D eigenvalue weighted by atomic mass is 16.5. The van der Waals surface area contributed by atoms with E-state index in [0.717, 1.165) is 5.56 Å². The van der Waals surface area contributed by atoms with Gasteiger partial charge in [-0.25, -0.2) is 4.79 Å². The summed E-state index contributed by atoms with van der Waals surface area (Å²) in [6.07, 6.45) is 4.87. The van der Waals surface area contributed by atoms with Gasteiger partial charge in [-0.1, -0.05) is 0 Å². The molecule has 0 spiro atoms. The van der Waals surface area contributed by atoms with Crippen LogP contribution < -0.4 is 0 Å². The average molecular weight is 207 g/mol. The molecule has 0 radical (unpaired) electrons.